The number of nitriles is 1. The molecule has 1 unspecified atom stereocenters. The van der Waals surface area contributed by atoms with Gasteiger partial charge < -0.3 is 10.5 Å². The van der Waals surface area contributed by atoms with Crippen LogP contribution in [-0.4, -0.2) is 6.61 Å². The second-order valence-electron chi connectivity index (χ2n) is 3.03. The second kappa shape index (κ2) is 5.25. The molecule has 0 fully saturated rings. The summed E-state index contributed by atoms with van der Waals surface area (Å²) in [4.78, 5) is 0. The Morgan fingerprint density at radius 2 is 2.36 bits per heavy atom. The fourth-order valence-corrected chi connectivity index (χ4v) is 1.09. The third kappa shape index (κ3) is 2.75. The van der Waals surface area contributed by atoms with Gasteiger partial charge in [-0.25, -0.2) is 0 Å². The average Bonchev–Trinajstić information content (AvgIpc) is 2.25. The SMILES string of the molecule is CCCOc1cccc(C(N)C#N)c1. The Balaban J connectivity index is 2.74. The Hall–Kier alpha value is -1.53. The molecule has 3 heteroatoms. The Kier molecular flexibility index (Phi) is 3.96. The number of nitrogens with zero attached hydrogens (tertiary/aromatic N) is 1. The largest absolute Gasteiger partial charge is 0.494 e. The smallest absolute Gasteiger partial charge is 0.119 e. The first-order chi connectivity index (χ1) is 6.77. The van der Waals surface area contributed by atoms with E-state index >= 15 is 0 Å². The van der Waals surface area contributed by atoms with Crippen molar-refractivity contribution in [3.8, 4) is 11.8 Å². The van der Waals surface area contributed by atoms with E-state index in [2.05, 4.69) is 0 Å². The maximum Gasteiger partial charge on any atom is 0.119 e. The lowest BCUT2D eigenvalue weighted by Crippen LogP contribution is -2.07. The molecule has 0 saturated heterocycles. The van der Waals surface area contributed by atoms with E-state index in [0.717, 1.165) is 17.7 Å². The topological polar surface area (TPSA) is 59.0 Å². The molecule has 0 aliphatic rings. The lowest BCUT2D eigenvalue weighted by molar-refractivity contribution is 0.317. The van der Waals surface area contributed by atoms with Gasteiger partial charge in [-0.05, 0) is 24.1 Å². The molecule has 74 valence electrons. The summed E-state index contributed by atoms with van der Waals surface area (Å²) < 4.78 is 5.43. The zero-order valence-electron chi connectivity index (χ0n) is 8.23. The normalized spacial score (nSPS) is 11.8. The molecule has 1 rings (SSSR count). The molecule has 14 heavy (non-hydrogen) atoms. The van der Waals surface area contributed by atoms with Gasteiger partial charge in [-0.3, -0.25) is 0 Å². The van der Waals surface area contributed by atoms with E-state index in [1.165, 1.54) is 0 Å². The van der Waals surface area contributed by atoms with Gasteiger partial charge in [0.25, 0.3) is 0 Å². The molecular formula is C11H14N2O. The highest BCUT2D eigenvalue weighted by Crippen LogP contribution is 2.17. The van der Waals surface area contributed by atoms with Crippen molar-refractivity contribution in [2.45, 2.75) is 19.4 Å². The van der Waals surface area contributed by atoms with Crippen molar-refractivity contribution >= 4 is 0 Å². The third-order valence-corrected chi connectivity index (χ3v) is 1.83. The van der Waals surface area contributed by atoms with Gasteiger partial charge in [0.15, 0.2) is 0 Å². The van der Waals surface area contributed by atoms with Crippen molar-refractivity contribution in [3.63, 3.8) is 0 Å². The van der Waals surface area contributed by atoms with Crippen LogP contribution in [-0.2, 0) is 0 Å². The maximum absolute atomic E-state index is 8.64. The summed E-state index contributed by atoms with van der Waals surface area (Å²) in [7, 11) is 0. The van der Waals surface area contributed by atoms with Crippen molar-refractivity contribution in [2.24, 2.45) is 5.73 Å². The molecule has 0 bridgehead atoms. The molecule has 2 N–H and O–H groups in total. The predicted molar refractivity (Wildman–Crippen MR) is 54.8 cm³/mol. The van der Waals surface area contributed by atoms with Crippen LogP contribution >= 0.6 is 0 Å². The maximum atomic E-state index is 8.64. The number of benzene rings is 1. The number of rotatable bonds is 4. The van der Waals surface area contributed by atoms with Crippen molar-refractivity contribution in [3.05, 3.63) is 29.8 Å². The van der Waals surface area contributed by atoms with Crippen LogP contribution in [0.5, 0.6) is 5.75 Å². The molecule has 0 saturated carbocycles. The lowest BCUT2D eigenvalue weighted by atomic mass is 10.1. The molecular weight excluding hydrogens is 176 g/mol. The lowest BCUT2D eigenvalue weighted by Gasteiger charge is -2.07. The summed E-state index contributed by atoms with van der Waals surface area (Å²) in [5, 5.41) is 8.64. The number of nitrogens with two attached hydrogens (primary N) is 1. The van der Waals surface area contributed by atoms with Gasteiger partial charge in [-0.2, -0.15) is 5.26 Å². The van der Waals surface area contributed by atoms with E-state index in [-0.39, 0.29) is 0 Å². The molecule has 1 aromatic carbocycles. The minimum atomic E-state index is -0.569. The van der Waals surface area contributed by atoms with E-state index in [0.29, 0.717) is 6.61 Å². The summed E-state index contributed by atoms with van der Waals surface area (Å²) in [6.45, 7) is 2.73. The summed E-state index contributed by atoms with van der Waals surface area (Å²) in [6, 6.07) is 8.76. The Morgan fingerprint density at radius 3 is 3.00 bits per heavy atom. The molecule has 0 spiro atoms. The number of hydrogen-bond acceptors (Lipinski definition) is 3. The summed E-state index contributed by atoms with van der Waals surface area (Å²) in [5.41, 5.74) is 6.37. The van der Waals surface area contributed by atoms with Gasteiger partial charge in [0, 0.05) is 0 Å². The minimum Gasteiger partial charge on any atom is -0.494 e. The second-order valence-corrected chi connectivity index (χ2v) is 3.03. The zero-order valence-corrected chi connectivity index (χ0v) is 8.23. The van der Waals surface area contributed by atoms with Crippen LogP contribution in [0.3, 0.4) is 0 Å². The number of hydrogen-bond donors (Lipinski definition) is 1. The summed E-state index contributed by atoms with van der Waals surface area (Å²) >= 11 is 0. The Labute approximate surface area is 84.1 Å². The van der Waals surface area contributed by atoms with Crippen LogP contribution in [0, 0.1) is 11.3 Å². The van der Waals surface area contributed by atoms with Crippen LogP contribution < -0.4 is 10.5 Å². The summed E-state index contributed by atoms with van der Waals surface area (Å²) in [6.07, 6.45) is 0.967. The Morgan fingerprint density at radius 1 is 1.57 bits per heavy atom. The number of ether oxygens (including phenoxy) is 1. The molecule has 0 aliphatic carbocycles. The molecule has 0 heterocycles. The quantitative estimate of drug-likeness (QED) is 0.789. The van der Waals surface area contributed by atoms with Crippen molar-refractivity contribution in [1.82, 2.24) is 0 Å². The van der Waals surface area contributed by atoms with Gasteiger partial charge in [0.2, 0.25) is 0 Å². The van der Waals surface area contributed by atoms with E-state index in [4.69, 9.17) is 15.7 Å². The molecule has 1 atom stereocenters. The first kappa shape index (κ1) is 10.6. The third-order valence-electron chi connectivity index (χ3n) is 1.83. The minimum absolute atomic E-state index is 0.569. The molecule has 3 nitrogen and oxygen atoms in total. The molecule has 0 amide bonds. The molecule has 1 aromatic rings. The average molecular weight is 190 g/mol. The van der Waals surface area contributed by atoms with Crippen molar-refractivity contribution in [1.29, 1.82) is 5.26 Å². The van der Waals surface area contributed by atoms with Crippen molar-refractivity contribution < 1.29 is 4.74 Å². The van der Waals surface area contributed by atoms with E-state index < -0.39 is 6.04 Å². The van der Waals surface area contributed by atoms with Crippen LogP contribution in [0.25, 0.3) is 0 Å². The van der Waals surface area contributed by atoms with Crippen LogP contribution in [0.4, 0.5) is 0 Å². The predicted octanol–water partition coefficient (Wildman–Crippen LogP) is 2.00. The van der Waals surface area contributed by atoms with Crippen LogP contribution in [0.1, 0.15) is 24.9 Å². The highest BCUT2D eigenvalue weighted by atomic mass is 16.5. The standard InChI is InChI=1S/C11H14N2O/c1-2-6-14-10-5-3-4-9(7-10)11(13)8-12/h3-5,7,11H,2,6,13H2,1H3. The Bertz CT molecular complexity index is 330. The van der Waals surface area contributed by atoms with Gasteiger partial charge in [0.05, 0.1) is 12.7 Å². The van der Waals surface area contributed by atoms with Gasteiger partial charge in [0.1, 0.15) is 11.8 Å². The van der Waals surface area contributed by atoms with E-state index in [9.17, 15) is 0 Å². The van der Waals surface area contributed by atoms with Crippen molar-refractivity contribution in [2.75, 3.05) is 6.61 Å². The molecule has 0 aliphatic heterocycles. The van der Waals surface area contributed by atoms with Gasteiger partial charge in [-0.15, -0.1) is 0 Å². The monoisotopic (exact) mass is 190 g/mol. The highest BCUT2D eigenvalue weighted by Gasteiger charge is 2.04. The summed E-state index contributed by atoms with van der Waals surface area (Å²) in [5.74, 6) is 0.773. The van der Waals surface area contributed by atoms with Crippen LogP contribution in [0.15, 0.2) is 24.3 Å². The van der Waals surface area contributed by atoms with E-state index in [1.54, 1.807) is 0 Å². The molecule has 0 aromatic heterocycles. The van der Waals surface area contributed by atoms with Gasteiger partial charge >= 0.3 is 0 Å². The zero-order chi connectivity index (χ0) is 10.4. The van der Waals surface area contributed by atoms with Gasteiger partial charge in [-0.1, -0.05) is 19.1 Å². The fourth-order valence-electron chi connectivity index (χ4n) is 1.09. The first-order valence-corrected chi connectivity index (χ1v) is 4.66. The first-order valence-electron chi connectivity index (χ1n) is 4.66. The fraction of sp³-hybridized carbons (Fsp3) is 0.364. The highest BCUT2D eigenvalue weighted by molar-refractivity contribution is 5.32. The molecule has 0 radical (unpaired) electrons. The van der Waals surface area contributed by atoms with E-state index in [1.807, 2.05) is 37.3 Å². The van der Waals surface area contributed by atoms with Crippen LogP contribution in [0.2, 0.25) is 0 Å².